The van der Waals surface area contributed by atoms with E-state index in [0.717, 1.165) is 25.7 Å². The van der Waals surface area contributed by atoms with Crippen LogP contribution in [0, 0.1) is 17.3 Å². The average molecular weight is 214 g/mol. The molecule has 4 atom stereocenters. The molecule has 15 heavy (non-hydrogen) atoms. The molecule has 1 aliphatic rings. The van der Waals surface area contributed by atoms with Gasteiger partial charge in [0.2, 0.25) is 0 Å². The third-order valence-corrected chi connectivity index (χ3v) is 4.23. The summed E-state index contributed by atoms with van der Waals surface area (Å²) in [4.78, 5) is 0. The van der Waals surface area contributed by atoms with Crippen molar-refractivity contribution < 1.29 is 10.2 Å². The highest BCUT2D eigenvalue weighted by Crippen LogP contribution is 2.46. The monoisotopic (exact) mass is 214 g/mol. The minimum absolute atomic E-state index is 0.142. The van der Waals surface area contributed by atoms with E-state index in [1.54, 1.807) is 0 Å². The maximum Gasteiger partial charge on any atom is 0.0568 e. The maximum atomic E-state index is 9.88. The summed E-state index contributed by atoms with van der Waals surface area (Å²) in [5.41, 5.74) is 0.313. The van der Waals surface area contributed by atoms with Gasteiger partial charge in [-0.25, -0.2) is 0 Å². The summed E-state index contributed by atoms with van der Waals surface area (Å²) < 4.78 is 0. The van der Waals surface area contributed by atoms with Gasteiger partial charge in [0.25, 0.3) is 0 Å². The number of hydrogen-bond donors (Lipinski definition) is 2. The van der Waals surface area contributed by atoms with Crippen molar-refractivity contribution in [3.05, 3.63) is 0 Å². The van der Waals surface area contributed by atoms with Crippen molar-refractivity contribution in [2.24, 2.45) is 17.3 Å². The van der Waals surface area contributed by atoms with Gasteiger partial charge < -0.3 is 10.2 Å². The zero-order valence-electron chi connectivity index (χ0n) is 10.5. The normalized spacial score (nSPS) is 37.6. The molecule has 1 aliphatic carbocycles. The zero-order valence-corrected chi connectivity index (χ0v) is 10.5. The van der Waals surface area contributed by atoms with E-state index >= 15 is 0 Å². The minimum atomic E-state index is -0.216. The van der Waals surface area contributed by atoms with Gasteiger partial charge in [0, 0.05) is 0 Å². The van der Waals surface area contributed by atoms with Crippen molar-refractivity contribution in [3.63, 3.8) is 0 Å². The predicted octanol–water partition coefficient (Wildman–Crippen LogP) is 2.58. The molecule has 4 unspecified atom stereocenters. The molecular weight excluding hydrogens is 188 g/mol. The molecule has 0 aromatic carbocycles. The molecular formula is C13H26O2. The topological polar surface area (TPSA) is 40.5 Å². The highest BCUT2D eigenvalue weighted by molar-refractivity contribution is 4.90. The molecule has 0 aromatic rings. The van der Waals surface area contributed by atoms with Gasteiger partial charge in [0.1, 0.15) is 0 Å². The lowest BCUT2D eigenvalue weighted by Gasteiger charge is -2.45. The van der Waals surface area contributed by atoms with E-state index in [9.17, 15) is 10.2 Å². The molecule has 90 valence electrons. The lowest BCUT2D eigenvalue weighted by molar-refractivity contribution is -0.0327. The van der Waals surface area contributed by atoms with Crippen LogP contribution < -0.4 is 0 Å². The van der Waals surface area contributed by atoms with Crippen LogP contribution in [0.5, 0.6) is 0 Å². The number of rotatable bonds is 3. The summed E-state index contributed by atoms with van der Waals surface area (Å²) in [6.07, 6.45) is 3.56. The fraction of sp³-hybridized carbons (Fsp3) is 1.00. The van der Waals surface area contributed by atoms with Crippen LogP contribution in [-0.2, 0) is 0 Å². The Labute approximate surface area is 93.7 Å². The largest absolute Gasteiger partial charge is 0.393 e. The van der Waals surface area contributed by atoms with E-state index in [-0.39, 0.29) is 12.2 Å². The van der Waals surface area contributed by atoms with Gasteiger partial charge in [-0.1, -0.05) is 20.8 Å². The molecule has 0 aliphatic heterocycles. The second kappa shape index (κ2) is 4.84. The van der Waals surface area contributed by atoms with Crippen LogP contribution >= 0.6 is 0 Å². The molecule has 0 saturated heterocycles. The van der Waals surface area contributed by atoms with Crippen molar-refractivity contribution in [2.75, 3.05) is 0 Å². The summed E-state index contributed by atoms with van der Waals surface area (Å²) in [6.45, 7) is 8.58. The maximum absolute atomic E-state index is 9.88. The molecule has 0 radical (unpaired) electrons. The summed E-state index contributed by atoms with van der Waals surface area (Å²) in [6, 6.07) is 0. The van der Waals surface area contributed by atoms with Crippen LogP contribution in [0.2, 0.25) is 0 Å². The zero-order chi connectivity index (χ0) is 11.6. The van der Waals surface area contributed by atoms with E-state index in [1.807, 2.05) is 6.92 Å². The van der Waals surface area contributed by atoms with Crippen molar-refractivity contribution in [1.29, 1.82) is 0 Å². The number of aliphatic hydroxyl groups is 2. The van der Waals surface area contributed by atoms with Crippen molar-refractivity contribution >= 4 is 0 Å². The van der Waals surface area contributed by atoms with E-state index in [0.29, 0.717) is 17.3 Å². The molecule has 1 saturated carbocycles. The Kier molecular flexibility index (Phi) is 4.19. The smallest absolute Gasteiger partial charge is 0.0568 e. The first-order valence-electron chi connectivity index (χ1n) is 6.20. The molecule has 2 nitrogen and oxygen atoms in total. The fourth-order valence-electron chi connectivity index (χ4n) is 3.02. The molecule has 2 N–H and O–H groups in total. The molecule has 2 heteroatoms. The summed E-state index contributed by atoms with van der Waals surface area (Å²) in [5, 5.41) is 19.2. The number of aliphatic hydroxyl groups excluding tert-OH is 2. The molecule has 0 spiro atoms. The van der Waals surface area contributed by atoms with Crippen molar-refractivity contribution in [2.45, 2.75) is 65.6 Å². The second-order valence-corrected chi connectivity index (χ2v) is 5.99. The van der Waals surface area contributed by atoms with Crippen LogP contribution in [-0.4, -0.2) is 22.4 Å². The van der Waals surface area contributed by atoms with Crippen LogP contribution in [0.1, 0.15) is 53.4 Å². The Morgan fingerprint density at radius 3 is 2.53 bits per heavy atom. The van der Waals surface area contributed by atoms with Crippen LogP contribution in [0.25, 0.3) is 0 Å². The lowest BCUT2D eigenvalue weighted by atomic mass is 9.61. The molecule has 1 rings (SSSR count). The summed E-state index contributed by atoms with van der Waals surface area (Å²) in [5.74, 6) is 0.906. The lowest BCUT2D eigenvalue weighted by Crippen LogP contribution is -2.41. The first-order valence-corrected chi connectivity index (χ1v) is 6.20. The first-order chi connectivity index (χ1) is 6.84. The van der Waals surface area contributed by atoms with Gasteiger partial charge in [-0.15, -0.1) is 0 Å². The Morgan fingerprint density at radius 1 is 1.40 bits per heavy atom. The molecule has 0 heterocycles. The van der Waals surface area contributed by atoms with Crippen LogP contribution in [0.4, 0.5) is 0 Å². The molecule has 0 bridgehead atoms. The predicted molar refractivity (Wildman–Crippen MR) is 62.6 cm³/mol. The highest BCUT2D eigenvalue weighted by atomic mass is 16.3. The third-order valence-electron chi connectivity index (χ3n) is 4.23. The Bertz CT molecular complexity index is 199. The van der Waals surface area contributed by atoms with Gasteiger partial charge >= 0.3 is 0 Å². The van der Waals surface area contributed by atoms with Gasteiger partial charge in [-0.2, -0.15) is 0 Å². The van der Waals surface area contributed by atoms with E-state index in [4.69, 9.17) is 0 Å². The summed E-state index contributed by atoms with van der Waals surface area (Å²) in [7, 11) is 0. The van der Waals surface area contributed by atoms with Crippen LogP contribution in [0.15, 0.2) is 0 Å². The quantitative estimate of drug-likeness (QED) is 0.758. The highest BCUT2D eigenvalue weighted by Gasteiger charge is 2.40. The molecule has 1 fully saturated rings. The van der Waals surface area contributed by atoms with Crippen LogP contribution in [0.3, 0.4) is 0 Å². The van der Waals surface area contributed by atoms with E-state index in [2.05, 4.69) is 20.8 Å². The SMILES string of the molecule is CC(O)CCC1C(C)C(O)CCC1(C)C. The minimum Gasteiger partial charge on any atom is -0.393 e. The van der Waals surface area contributed by atoms with Gasteiger partial charge in [0.15, 0.2) is 0 Å². The van der Waals surface area contributed by atoms with Crippen molar-refractivity contribution in [1.82, 2.24) is 0 Å². The average Bonchev–Trinajstić information content (AvgIpc) is 2.11. The van der Waals surface area contributed by atoms with E-state index in [1.165, 1.54) is 0 Å². The van der Waals surface area contributed by atoms with Gasteiger partial charge in [0.05, 0.1) is 12.2 Å². The second-order valence-electron chi connectivity index (χ2n) is 5.99. The Hall–Kier alpha value is -0.0800. The standard InChI is InChI=1S/C13H26O2/c1-9(14)5-6-11-10(2)12(15)7-8-13(11,3)4/h9-12,14-15H,5-8H2,1-4H3. The Morgan fingerprint density at radius 2 is 2.00 bits per heavy atom. The van der Waals surface area contributed by atoms with Gasteiger partial charge in [-0.3, -0.25) is 0 Å². The fourth-order valence-corrected chi connectivity index (χ4v) is 3.02. The third kappa shape index (κ3) is 3.18. The Balaban J connectivity index is 2.62. The molecule has 0 aromatic heterocycles. The van der Waals surface area contributed by atoms with E-state index < -0.39 is 0 Å². The van der Waals surface area contributed by atoms with Crippen molar-refractivity contribution in [3.8, 4) is 0 Å². The summed E-state index contributed by atoms with van der Waals surface area (Å²) >= 11 is 0. The first kappa shape index (κ1) is 13.0. The van der Waals surface area contributed by atoms with Gasteiger partial charge in [-0.05, 0) is 49.9 Å². The number of hydrogen-bond acceptors (Lipinski definition) is 2. The molecule has 0 amide bonds.